The van der Waals surface area contributed by atoms with E-state index in [1.54, 1.807) is 0 Å². The fraction of sp³-hybridized carbons (Fsp3) is 0.684. The van der Waals surface area contributed by atoms with Crippen molar-refractivity contribution in [2.45, 2.75) is 63.8 Å². The summed E-state index contributed by atoms with van der Waals surface area (Å²) in [5.74, 6) is 0.933. The second-order valence-electron chi connectivity index (χ2n) is 7.66. The molecule has 6 heteroatoms. The molecule has 1 aliphatic carbocycles. The van der Waals surface area contributed by atoms with Crippen molar-refractivity contribution in [1.82, 2.24) is 10.3 Å². The van der Waals surface area contributed by atoms with Gasteiger partial charge in [-0.1, -0.05) is 12.8 Å². The summed E-state index contributed by atoms with van der Waals surface area (Å²) in [6, 6.07) is 1.94. The zero-order valence-electron chi connectivity index (χ0n) is 14.8. The van der Waals surface area contributed by atoms with Gasteiger partial charge < -0.3 is 15.0 Å². The fourth-order valence-electron chi connectivity index (χ4n) is 4.21. The van der Waals surface area contributed by atoms with Crippen LogP contribution in [0.4, 0.5) is 10.2 Å². The van der Waals surface area contributed by atoms with E-state index in [9.17, 15) is 9.18 Å². The highest BCUT2D eigenvalue weighted by Crippen LogP contribution is 2.34. The Bertz CT molecular complexity index is 665. The fourth-order valence-corrected chi connectivity index (χ4v) is 4.21. The number of pyridine rings is 1. The number of rotatable bonds is 4. The van der Waals surface area contributed by atoms with Gasteiger partial charge in [-0.15, -0.1) is 0 Å². The van der Waals surface area contributed by atoms with Crippen LogP contribution in [0.3, 0.4) is 0 Å². The highest BCUT2D eigenvalue weighted by atomic mass is 19.1. The van der Waals surface area contributed by atoms with E-state index in [2.05, 4.69) is 10.2 Å². The summed E-state index contributed by atoms with van der Waals surface area (Å²) in [5, 5.41) is 2.82. The number of ether oxygens (including phenoxy) is 1. The molecule has 136 valence electrons. The molecule has 0 aromatic carbocycles. The number of aromatic nitrogens is 1. The summed E-state index contributed by atoms with van der Waals surface area (Å²) in [6.45, 7) is 4.49. The van der Waals surface area contributed by atoms with Gasteiger partial charge >= 0.3 is 0 Å². The lowest BCUT2D eigenvalue weighted by atomic mass is 10.0. The highest BCUT2D eigenvalue weighted by Gasteiger charge is 2.35. The second kappa shape index (κ2) is 6.56. The molecule has 25 heavy (non-hydrogen) atoms. The molecule has 1 saturated carbocycles. The number of halogens is 1. The standard InChI is InChI=1S/C19H26FN3O2/c1-13-10-15-16(11-21-18(15)24)22-17(13)23-8-4-14(5-9-23)25-12-19(20)6-2-3-7-19/h10,14H,2-9,11-12H2,1H3,(H,21,24). The minimum absolute atomic E-state index is 0.0312. The van der Waals surface area contributed by atoms with Gasteiger partial charge in [0.1, 0.15) is 11.5 Å². The van der Waals surface area contributed by atoms with Crippen LogP contribution >= 0.6 is 0 Å². The first-order valence-electron chi connectivity index (χ1n) is 9.38. The Balaban J connectivity index is 1.35. The number of hydrogen-bond acceptors (Lipinski definition) is 4. The average Bonchev–Trinajstić information content (AvgIpc) is 3.20. The summed E-state index contributed by atoms with van der Waals surface area (Å²) in [7, 11) is 0. The van der Waals surface area contributed by atoms with E-state index in [0.29, 0.717) is 24.9 Å². The smallest absolute Gasteiger partial charge is 0.253 e. The van der Waals surface area contributed by atoms with Crippen molar-refractivity contribution in [1.29, 1.82) is 0 Å². The number of aryl methyl sites for hydroxylation is 1. The average molecular weight is 347 g/mol. The first kappa shape index (κ1) is 16.8. The number of hydrogen-bond donors (Lipinski definition) is 1. The van der Waals surface area contributed by atoms with E-state index >= 15 is 0 Å². The Morgan fingerprint density at radius 2 is 2.08 bits per heavy atom. The summed E-state index contributed by atoms with van der Waals surface area (Å²) >= 11 is 0. The predicted molar refractivity (Wildman–Crippen MR) is 93.6 cm³/mol. The van der Waals surface area contributed by atoms with Crippen molar-refractivity contribution in [2.24, 2.45) is 0 Å². The van der Waals surface area contributed by atoms with Gasteiger partial charge in [-0.2, -0.15) is 0 Å². The second-order valence-corrected chi connectivity index (χ2v) is 7.66. The van der Waals surface area contributed by atoms with Crippen molar-refractivity contribution in [3.05, 3.63) is 22.9 Å². The molecule has 1 aromatic heterocycles. The molecule has 3 heterocycles. The number of nitrogens with one attached hydrogen (secondary N) is 1. The van der Waals surface area contributed by atoms with Crippen LogP contribution in [0.5, 0.6) is 0 Å². The molecule has 1 N–H and O–H groups in total. The maximum absolute atomic E-state index is 14.4. The number of carbonyl (C=O) groups excluding carboxylic acids is 1. The largest absolute Gasteiger partial charge is 0.375 e. The molecule has 5 nitrogen and oxygen atoms in total. The number of carbonyl (C=O) groups is 1. The zero-order valence-corrected chi connectivity index (χ0v) is 14.8. The Morgan fingerprint density at radius 1 is 1.36 bits per heavy atom. The van der Waals surface area contributed by atoms with Crippen molar-refractivity contribution < 1.29 is 13.9 Å². The van der Waals surface area contributed by atoms with Gasteiger partial charge in [0, 0.05) is 13.1 Å². The number of piperidine rings is 1. The minimum atomic E-state index is -1.09. The number of fused-ring (bicyclic) bond motifs is 1. The van der Waals surface area contributed by atoms with Crippen LogP contribution in [0.25, 0.3) is 0 Å². The van der Waals surface area contributed by atoms with E-state index < -0.39 is 5.67 Å². The Labute approximate surface area is 147 Å². The SMILES string of the molecule is Cc1cc2c(nc1N1CCC(OCC3(F)CCCC3)CC1)CNC2=O. The van der Waals surface area contributed by atoms with Gasteiger partial charge in [0.2, 0.25) is 0 Å². The van der Waals surface area contributed by atoms with Crippen LogP contribution in [-0.2, 0) is 11.3 Å². The number of anilines is 1. The van der Waals surface area contributed by atoms with Crippen LogP contribution in [0.1, 0.15) is 60.1 Å². The van der Waals surface area contributed by atoms with Crippen LogP contribution < -0.4 is 10.2 Å². The predicted octanol–water partition coefficient (Wildman–Crippen LogP) is 2.90. The first-order valence-corrected chi connectivity index (χ1v) is 9.38. The third kappa shape index (κ3) is 3.36. The van der Waals surface area contributed by atoms with Crippen LogP contribution in [-0.4, -0.2) is 42.4 Å². The molecule has 0 unspecified atom stereocenters. The number of amides is 1. The molecule has 0 bridgehead atoms. The van der Waals surface area contributed by atoms with Gasteiger partial charge in [0.25, 0.3) is 5.91 Å². The molecule has 0 radical (unpaired) electrons. The van der Waals surface area contributed by atoms with Gasteiger partial charge in [-0.25, -0.2) is 9.37 Å². The molecular formula is C19H26FN3O2. The lowest BCUT2D eigenvalue weighted by Gasteiger charge is -2.34. The van der Waals surface area contributed by atoms with Crippen molar-refractivity contribution in [3.8, 4) is 0 Å². The van der Waals surface area contributed by atoms with Gasteiger partial charge in [-0.3, -0.25) is 4.79 Å². The Morgan fingerprint density at radius 3 is 2.80 bits per heavy atom. The highest BCUT2D eigenvalue weighted by molar-refractivity contribution is 5.98. The quantitative estimate of drug-likeness (QED) is 0.910. The Kier molecular flexibility index (Phi) is 4.40. The zero-order chi connectivity index (χ0) is 17.4. The van der Waals surface area contributed by atoms with E-state index in [1.165, 1.54) is 0 Å². The summed E-state index contributed by atoms with van der Waals surface area (Å²) in [5.41, 5.74) is 1.48. The molecule has 4 rings (SSSR count). The summed E-state index contributed by atoms with van der Waals surface area (Å²) in [4.78, 5) is 18.7. The van der Waals surface area contributed by atoms with Crippen molar-refractivity contribution in [2.75, 3.05) is 24.6 Å². The summed E-state index contributed by atoms with van der Waals surface area (Å²) in [6.07, 6.45) is 5.20. The maximum atomic E-state index is 14.4. The van der Waals surface area contributed by atoms with E-state index in [-0.39, 0.29) is 18.6 Å². The van der Waals surface area contributed by atoms with Crippen molar-refractivity contribution in [3.63, 3.8) is 0 Å². The van der Waals surface area contributed by atoms with Gasteiger partial charge in [0.05, 0.1) is 30.5 Å². The normalized spacial score (nSPS) is 23.0. The van der Waals surface area contributed by atoms with Crippen molar-refractivity contribution >= 4 is 11.7 Å². The lowest BCUT2D eigenvalue weighted by Crippen LogP contribution is -2.39. The third-order valence-corrected chi connectivity index (χ3v) is 5.75. The molecule has 3 aliphatic rings. The van der Waals surface area contributed by atoms with E-state index in [0.717, 1.165) is 55.8 Å². The Hall–Kier alpha value is -1.69. The minimum Gasteiger partial charge on any atom is -0.375 e. The lowest BCUT2D eigenvalue weighted by molar-refractivity contribution is -0.0332. The van der Waals surface area contributed by atoms with Crippen LogP contribution in [0.15, 0.2) is 6.07 Å². The summed E-state index contributed by atoms with van der Waals surface area (Å²) < 4.78 is 20.3. The molecule has 1 amide bonds. The van der Waals surface area contributed by atoms with E-state index in [1.807, 2.05) is 13.0 Å². The monoisotopic (exact) mass is 347 g/mol. The molecule has 1 aromatic rings. The molecule has 0 atom stereocenters. The number of nitrogens with zero attached hydrogens (tertiary/aromatic N) is 2. The van der Waals surface area contributed by atoms with Gasteiger partial charge in [0.15, 0.2) is 0 Å². The van der Waals surface area contributed by atoms with Crippen LogP contribution in [0.2, 0.25) is 0 Å². The van der Waals surface area contributed by atoms with E-state index in [4.69, 9.17) is 9.72 Å². The third-order valence-electron chi connectivity index (χ3n) is 5.75. The number of alkyl halides is 1. The first-order chi connectivity index (χ1) is 12.0. The molecule has 0 spiro atoms. The van der Waals surface area contributed by atoms with Crippen LogP contribution in [0, 0.1) is 6.92 Å². The molecular weight excluding hydrogens is 321 g/mol. The molecule has 1 saturated heterocycles. The molecule has 2 fully saturated rings. The molecule has 2 aliphatic heterocycles. The topological polar surface area (TPSA) is 54.5 Å². The van der Waals surface area contributed by atoms with Gasteiger partial charge in [-0.05, 0) is 44.2 Å². The maximum Gasteiger partial charge on any atom is 0.253 e.